The van der Waals surface area contributed by atoms with E-state index in [4.69, 9.17) is 11.5 Å². The smallest absolute Gasteiger partial charge is 0.237 e. The summed E-state index contributed by atoms with van der Waals surface area (Å²) in [6, 6.07) is 9.48. The monoisotopic (exact) mass is 348 g/mol. The minimum absolute atomic E-state index is 0.111. The number of benzene rings is 1. The fourth-order valence-electron chi connectivity index (χ4n) is 2.10. The maximum Gasteiger partial charge on any atom is 0.237 e. The van der Waals surface area contributed by atoms with E-state index in [-0.39, 0.29) is 6.54 Å². The number of aryl methyl sites for hydroxylation is 1. The van der Waals surface area contributed by atoms with Gasteiger partial charge in [0.15, 0.2) is 0 Å². The lowest BCUT2D eigenvalue weighted by Crippen LogP contribution is -2.34. The number of anilines is 2. The van der Waals surface area contributed by atoms with E-state index in [0.717, 1.165) is 21.4 Å². The molecule has 6 heteroatoms. The number of pyridine rings is 1. The maximum atomic E-state index is 11.3. The number of amides is 1. The van der Waals surface area contributed by atoms with Gasteiger partial charge in [-0.05, 0) is 52.2 Å². The van der Waals surface area contributed by atoms with Gasteiger partial charge in [0.1, 0.15) is 5.82 Å². The summed E-state index contributed by atoms with van der Waals surface area (Å²) >= 11 is 3.38. The third-order valence-electron chi connectivity index (χ3n) is 3.02. The molecule has 0 spiro atoms. The molecule has 1 amide bonds. The van der Waals surface area contributed by atoms with Crippen LogP contribution >= 0.6 is 15.9 Å². The van der Waals surface area contributed by atoms with Crippen molar-refractivity contribution in [2.24, 2.45) is 5.73 Å². The Morgan fingerprint density at radius 1 is 1.33 bits per heavy atom. The van der Waals surface area contributed by atoms with Gasteiger partial charge in [-0.1, -0.05) is 12.1 Å². The Hall–Kier alpha value is -2.08. The molecule has 0 aliphatic carbocycles. The van der Waals surface area contributed by atoms with E-state index in [2.05, 4.69) is 20.9 Å². The molecule has 1 heterocycles. The van der Waals surface area contributed by atoms with Gasteiger partial charge in [0, 0.05) is 22.9 Å². The van der Waals surface area contributed by atoms with E-state index < -0.39 is 5.91 Å². The van der Waals surface area contributed by atoms with Crippen molar-refractivity contribution in [3.63, 3.8) is 0 Å². The van der Waals surface area contributed by atoms with Crippen molar-refractivity contribution < 1.29 is 4.79 Å². The molecule has 5 nitrogen and oxygen atoms in total. The lowest BCUT2D eigenvalue weighted by Gasteiger charge is -2.24. The minimum Gasteiger partial charge on any atom is -0.399 e. The zero-order valence-corrected chi connectivity index (χ0v) is 13.3. The Morgan fingerprint density at radius 2 is 2.00 bits per heavy atom. The van der Waals surface area contributed by atoms with Crippen LogP contribution in [0.15, 0.2) is 41.0 Å². The van der Waals surface area contributed by atoms with Gasteiger partial charge in [-0.2, -0.15) is 0 Å². The topological polar surface area (TPSA) is 85.2 Å². The quantitative estimate of drug-likeness (QED) is 0.811. The number of hydrogen-bond donors (Lipinski definition) is 2. The molecular weight excluding hydrogens is 332 g/mol. The Morgan fingerprint density at radius 3 is 2.57 bits per heavy atom. The molecular formula is C15H17BrN4O. The fraction of sp³-hybridized carbons (Fsp3) is 0.200. The van der Waals surface area contributed by atoms with Crippen LogP contribution in [0.25, 0.3) is 0 Å². The van der Waals surface area contributed by atoms with Crippen LogP contribution in [0.5, 0.6) is 0 Å². The normalized spacial score (nSPS) is 10.4. The molecule has 0 saturated heterocycles. The first-order valence-electron chi connectivity index (χ1n) is 6.45. The molecule has 0 bridgehead atoms. The molecule has 21 heavy (non-hydrogen) atoms. The van der Waals surface area contributed by atoms with Crippen LogP contribution < -0.4 is 16.4 Å². The van der Waals surface area contributed by atoms with E-state index in [9.17, 15) is 4.79 Å². The van der Waals surface area contributed by atoms with Crippen LogP contribution in [0.2, 0.25) is 0 Å². The van der Waals surface area contributed by atoms with Crippen molar-refractivity contribution in [2.75, 3.05) is 17.2 Å². The van der Waals surface area contributed by atoms with Gasteiger partial charge < -0.3 is 16.4 Å². The molecule has 0 atom stereocenters. The second-order valence-corrected chi connectivity index (χ2v) is 5.77. The number of hydrogen-bond acceptors (Lipinski definition) is 4. The standard InChI is InChI=1S/C15H17BrN4O/c1-10-6-12(16)7-19-15(10)20(9-14(18)21)8-11-2-4-13(17)5-3-11/h2-7H,8-9,17H2,1H3,(H2,18,21). The SMILES string of the molecule is Cc1cc(Br)cnc1N(CC(N)=O)Cc1ccc(N)cc1. The van der Waals surface area contributed by atoms with Gasteiger partial charge in [0.2, 0.25) is 5.91 Å². The van der Waals surface area contributed by atoms with Gasteiger partial charge in [0.05, 0.1) is 6.54 Å². The number of halogens is 1. The molecule has 0 radical (unpaired) electrons. The number of aromatic nitrogens is 1. The number of nitrogens with two attached hydrogens (primary N) is 2. The summed E-state index contributed by atoms with van der Waals surface area (Å²) in [5.41, 5.74) is 13.8. The number of nitrogen functional groups attached to an aromatic ring is 1. The Bertz CT molecular complexity index is 643. The van der Waals surface area contributed by atoms with Crippen LogP contribution in [-0.4, -0.2) is 17.4 Å². The average molecular weight is 349 g/mol. The number of carbonyl (C=O) groups excluding carboxylic acids is 1. The van der Waals surface area contributed by atoms with Crippen LogP contribution in [0.3, 0.4) is 0 Å². The third kappa shape index (κ3) is 4.19. The van der Waals surface area contributed by atoms with Crippen LogP contribution in [0.1, 0.15) is 11.1 Å². The highest BCUT2D eigenvalue weighted by molar-refractivity contribution is 9.10. The van der Waals surface area contributed by atoms with Gasteiger partial charge in [0.25, 0.3) is 0 Å². The van der Waals surface area contributed by atoms with E-state index >= 15 is 0 Å². The zero-order valence-electron chi connectivity index (χ0n) is 11.7. The van der Waals surface area contributed by atoms with Crippen molar-refractivity contribution in [1.82, 2.24) is 4.98 Å². The average Bonchev–Trinajstić information content (AvgIpc) is 2.40. The summed E-state index contributed by atoms with van der Waals surface area (Å²) < 4.78 is 0.898. The Kier molecular flexibility index (Phi) is 4.80. The highest BCUT2D eigenvalue weighted by Crippen LogP contribution is 2.22. The van der Waals surface area contributed by atoms with E-state index in [0.29, 0.717) is 12.2 Å². The van der Waals surface area contributed by atoms with Crippen molar-refractivity contribution in [2.45, 2.75) is 13.5 Å². The molecule has 0 fully saturated rings. The molecule has 4 N–H and O–H groups in total. The molecule has 2 rings (SSSR count). The van der Waals surface area contributed by atoms with Crippen molar-refractivity contribution in [1.29, 1.82) is 0 Å². The predicted molar refractivity (Wildman–Crippen MR) is 87.8 cm³/mol. The summed E-state index contributed by atoms with van der Waals surface area (Å²) in [5.74, 6) is 0.350. The third-order valence-corrected chi connectivity index (χ3v) is 3.45. The van der Waals surface area contributed by atoms with Crippen molar-refractivity contribution >= 4 is 33.3 Å². The summed E-state index contributed by atoms with van der Waals surface area (Å²) in [7, 11) is 0. The van der Waals surface area contributed by atoms with Crippen LogP contribution in [0, 0.1) is 6.92 Å². The van der Waals surface area contributed by atoms with Gasteiger partial charge >= 0.3 is 0 Å². The maximum absolute atomic E-state index is 11.3. The molecule has 0 aliphatic heterocycles. The minimum atomic E-state index is -0.394. The first-order chi connectivity index (χ1) is 9.95. The summed E-state index contributed by atoms with van der Waals surface area (Å²) in [6.45, 7) is 2.60. The number of primary amides is 1. The van der Waals surface area contributed by atoms with E-state index in [1.165, 1.54) is 0 Å². The first-order valence-corrected chi connectivity index (χ1v) is 7.25. The zero-order chi connectivity index (χ0) is 15.4. The fourth-order valence-corrected chi connectivity index (χ4v) is 2.55. The number of carbonyl (C=O) groups is 1. The largest absolute Gasteiger partial charge is 0.399 e. The number of rotatable bonds is 5. The molecule has 2 aromatic rings. The molecule has 1 aromatic carbocycles. The van der Waals surface area contributed by atoms with Crippen molar-refractivity contribution in [3.05, 3.63) is 52.1 Å². The lowest BCUT2D eigenvalue weighted by atomic mass is 10.2. The number of nitrogens with zero attached hydrogens (tertiary/aromatic N) is 2. The molecule has 0 aliphatic rings. The highest BCUT2D eigenvalue weighted by Gasteiger charge is 2.14. The van der Waals surface area contributed by atoms with Crippen molar-refractivity contribution in [3.8, 4) is 0 Å². The highest BCUT2D eigenvalue weighted by atomic mass is 79.9. The van der Waals surface area contributed by atoms with Crippen LogP contribution in [-0.2, 0) is 11.3 Å². The predicted octanol–water partition coefficient (Wildman–Crippen LogP) is 2.23. The summed E-state index contributed by atoms with van der Waals surface area (Å²) in [4.78, 5) is 17.6. The van der Waals surface area contributed by atoms with Gasteiger partial charge in [-0.15, -0.1) is 0 Å². The first kappa shape index (κ1) is 15.3. The summed E-state index contributed by atoms with van der Waals surface area (Å²) in [6.07, 6.45) is 1.71. The van der Waals surface area contributed by atoms with Gasteiger partial charge in [-0.25, -0.2) is 4.98 Å². The molecule has 110 valence electrons. The second-order valence-electron chi connectivity index (χ2n) is 4.86. The lowest BCUT2D eigenvalue weighted by molar-refractivity contribution is -0.116. The van der Waals surface area contributed by atoms with E-state index in [1.54, 1.807) is 6.20 Å². The van der Waals surface area contributed by atoms with Gasteiger partial charge in [-0.3, -0.25) is 4.79 Å². The molecule has 1 aromatic heterocycles. The van der Waals surface area contributed by atoms with Crippen LogP contribution in [0.4, 0.5) is 11.5 Å². The van der Waals surface area contributed by atoms with E-state index in [1.807, 2.05) is 42.2 Å². The molecule has 0 unspecified atom stereocenters. The Balaban J connectivity index is 2.29. The second kappa shape index (κ2) is 6.58. The Labute approximate surface area is 132 Å². The summed E-state index contributed by atoms with van der Waals surface area (Å²) in [5, 5.41) is 0. The molecule has 0 saturated carbocycles.